The Bertz CT molecular complexity index is 4270. The lowest BCUT2D eigenvalue weighted by molar-refractivity contribution is -0.137. The van der Waals surface area contributed by atoms with Gasteiger partial charge < -0.3 is 9.80 Å². The maximum Gasteiger partial charge on any atom is 0.417 e. The van der Waals surface area contributed by atoms with Crippen LogP contribution in [0.1, 0.15) is 109 Å². The normalized spacial score (nSPS) is 14.1. The van der Waals surface area contributed by atoms with E-state index in [1.54, 1.807) is 12.1 Å². The Hall–Kier alpha value is -8.05. The number of benzene rings is 10. The van der Waals surface area contributed by atoms with Crippen molar-refractivity contribution in [1.29, 1.82) is 0 Å². The third kappa shape index (κ3) is 8.38. The first-order valence-electron chi connectivity index (χ1n) is 27.6. The molecule has 2 aliphatic rings. The molecule has 0 radical (unpaired) electrons. The second kappa shape index (κ2) is 19.6. The van der Waals surface area contributed by atoms with Gasteiger partial charge in [0.1, 0.15) is 0 Å². The van der Waals surface area contributed by atoms with Crippen molar-refractivity contribution in [3.8, 4) is 22.3 Å². The Labute approximate surface area is 483 Å². The summed E-state index contributed by atoms with van der Waals surface area (Å²) in [6, 6.07) is 69.0. The van der Waals surface area contributed by atoms with Crippen molar-refractivity contribution in [1.82, 2.24) is 0 Å². The summed E-state index contributed by atoms with van der Waals surface area (Å²) in [6.45, 7) is 13.2. The molecule has 10 aromatic carbocycles. The molecule has 0 atom stereocenters. The highest BCUT2D eigenvalue weighted by Crippen LogP contribution is 2.64. The molecule has 1 aromatic heterocycles. The van der Waals surface area contributed by atoms with Crippen LogP contribution < -0.4 is 9.80 Å². The molecule has 1 spiro atoms. The van der Waals surface area contributed by atoms with E-state index in [4.69, 9.17) is 12.6 Å². The minimum absolute atomic E-state index is 0.190. The van der Waals surface area contributed by atoms with Gasteiger partial charge >= 0.3 is 12.4 Å². The van der Waals surface area contributed by atoms with Gasteiger partial charge in [-0.05, 0) is 157 Å². The molecule has 0 bridgehead atoms. The number of hydrogen-bond acceptors (Lipinski definition) is 4. The van der Waals surface area contributed by atoms with E-state index in [1.165, 1.54) is 51.8 Å². The molecule has 2 nitrogen and oxygen atoms in total. The number of rotatable bonds is 9. The minimum Gasteiger partial charge on any atom is -0.309 e. The number of thiophene rings is 1. The quantitative estimate of drug-likeness (QED) is 0.114. The molecule has 2 aliphatic carbocycles. The zero-order valence-electron chi connectivity index (χ0n) is 45.9. The van der Waals surface area contributed by atoms with E-state index in [9.17, 15) is 26.3 Å². The fourth-order valence-corrected chi connectivity index (χ4v) is 14.8. The average molecular weight is 1130 g/mol. The Morgan fingerprint density at radius 3 is 1.40 bits per heavy atom. The molecule has 0 saturated heterocycles. The molecule has 0 fully saturated rings. The van der Waals surface area contributed by atoms with E-state index >= 15 is 0 Å². The van der Waals surface area contributed by atoms with Crippen molar-refractivity contribution in [2.75, 3.05) is 9.80 Å². The number of thiol groups is 1. The lowest BCUT2D eigenvalue weighted by Gasteiger charge is -2.46. The smallest absolute Gasteiger partial charge is 0.309 e. The van der Waals surface area contributed by atoms with Crippen LogP contribution in [-0.4, -0.2) is 0 Å². The molecule has 0 aliphatic heterocycles. The number of alkyl halides is 6. The third-order valence-electron chi connectivity index (χ3n) is 17.1. The Kier molecular flexibility index (Phi) is 12.7. The Balaban J connectivity index is 1.09. The fraction of sp³-hybridized carbons (Fsp3) is 0.167. The van der Waals surface area contributed by atoms with Crippen LogP contribution in [0.5, 0.6) is 0 Å². The Morgan fingerprint density at radius 2 is 0.878 bits per heavy atom. The van der Waals surface area contributed by atoms with Gasteiger partial charge in [0.05, 0.1) is 32.6 Å². The van der Waals surface area contributed by atoms with Crippen LogP contribution in [0, 0.1) is 0 Å². The molecule has 408 valence electrons. The average Bonchev–Trinajstić information content (AvgIpc) is 1.56. The maximum atomic E-state index is 14.8. The number of nitrogens with zero attached hydrogens (tertiary/aromatic N) is 2. The van der Waals surface area contributed by atoms with Crippen LogP contribution in [0.25, 0.3) is 42.4 Å². The minimum atomic E-state index is -4.55. The predicted octanol–water partition coefficient (Wildman–Crippen LogP) is 22.2. The summed E-state index contributed by atoms with van der Waals surface area (Å²) in [5.41, 5.74) is 14.3. The monoisotopic (exact) mass is 1130 g/mol. The van der Waals surface area contributed by atoms with Gasteiger partial charge in [-0.25, -0.2) is 0 Å². The molecule has 13 rings (SSSR count). The standard InChI is InChI=1S/C72H56F6N2S2/c1-42(2)44-27-31-48(32-28-44)79(64-25-13-17-52(66(64)81)46-15-11-16-47(39-46)71(73,74)75)50-35-37-57-55(40-50)56-41-51(36-38-58(56)70(57)61-22-9-7-20-59(61)69(5,6)60-21-8-10-23-62(60)70)80(49-33-29-45(30-34-49)43(3)4)65-26-14-19-54-53-18-12-24-63(72(76,77)78)67(53)82-68(54)65/h7-43,81H,1-6H3. The van der Waals surface area contributed by atoms with Crippen molar-refractivity contribution in [2.24, 2.45) is 0 Å². The first-order valence-corrected chi connectivity index (χ1v) is 28.8. The number of anilines is 6. The van der Waals surface area contributed by atoms with Crippen molar-refractivity contribution < 1.29 is 26.3 Å². The largest absolute Gasteiger partial charge is 0.417 e. The van der Waals surface area contributed by atoms with Gasteiger partial charge in [-0.1, -0.05) is 175 Å². The summed E-state index contributed by atoms with van der Waals surface area (Å²) in [7, 11) is 0. The van der Waals surface area contributed by atoms with Gasteiger partial charge in [0, 0.05) is 48.5 Å². The fourth-order valence-electron chi connectivity index (χ4n) is 13.1. The topological polar surface area (TPSA) is 6.48 Å². The van der Waals surface area contributed by atoms with Crippen molar-refractivity contribution in [3.63, 3.8) is 0 Å². The van der Waals surface area contributed by atoms with Crippen molar-refractivity contribution in [3.05, 3.63) is 268 Å². The van der Waals surface area contributed by atoms with Crippen LogP contribution in [0.2, 0.25) is 0 Å². The molecule has 0 unspecified atom stereocenters. The summed E-state index contributed by atoms with van der Waals surface area (Å²) < 4.78 is 88.0. The first kappa shape index (κ1) is 53.3. The SMILES string of the molecule is CC(C)c1ccc(N(c2ccc3c(c2)-c2cc(N(c4ccc(C(C)C)cc4)c4cccc5c4sc4c(C(F)(F)F)cccc45)ccc2C32c3ccccc3C(C)(C)c3ccccc32)c2cccc(-c3cccc(C(F)(F)F)c3)c2S)cc1. The second-order valence-electron chi connectivity index (χ2n) is 22.8. The van der Waals surface area contributed by atoms with E-state index in [1.807, 2.05) is 36.4 Å². The molecule has 0 saturated carbocycles. The van der Waals surface area contributed by atoms with Gasteiger partial charge in [-0.15, -0.1) is 24.0 Å². The van der Waals surface area contributed by atoms with Gasteiger partial charge in [0.2, 0.25) is 0 Å². The molecule has 1 heterocycles. The lowest BCUT2D eigenvalue weighted by Crippen LogP contribution is -2.40. The van der Waals surface area contributed by atoms with Gasteiger partial charge in [-0.3, -0.25) is 0 Å². The van der Waals surface area contributed by atoms with Gasteiger partial charge in [-0.2, -0.15) is 26.3 Å². The first-order chi connectivity index (χ1) is 39.3. The molecule has 10 heteroatoms. The van der Waals surface area contributed by atoms with Gasteiger partial charge in [0.15, 0.2) is 0 Å². The maximum absolute atomic E-state index is 14.8. The molecule has 11 aromatic rings. The van der Waals surface area contributed by atoms with Gasteiger partial charge in [0.25, 0.3) is 0 Å². The zero-order valence-corrected chi connectivity index (χ0v) is 47.6. The van der Waals surface area contributed by atoms with Crippen LogP contribution in [0.4, 0.5) is 60.5 Å². The van der Waals surface area contributed by atoms with Crippen molar-refractivity contribution in [2.45, 2.75) is 81.5 Å². The van der Waals surface area contributed by atoms with Crippen LogP contribution in [0.15, 0.2) is 217 Å². The van der Waals surface area contributed by atoms with Crippen LogP contribution in [-0.2, 0) is 23.2 Å². The summed E-state index contributed by atoms with van der Waals surface area (Å²) in [5, 5.41) is 1.29. The number of fused-ring (bicyclic) bond motifs is 12. The van der Waals surface area contributed by atoms with Crippen molar-refractivity contribution >= 4 is 78.3 Å². The molecule has 0 N–H and O–H groups in total. The summed E-state index contributed by atoms with van der Waals surface area (Å²) >= 11 is 6.37. The lowest BCUT2D eigenvalue weighted by atomic mass is 9.55. The summed E-state index contributed by atoms with van der Waals surface area (Å²) in [6.07, 6.45) is -9.09. The Morgan fingerprint density at radius 1 is 0.415 bits per heavy atom. The molecular weight excluding hydrogens is 1070 g/mol. The van der Waals surface area contributed by atoms with Crippen LogP contribution in [0.3, 0.4) is 0 Å². The van der Waals surface area contributed by atoms with E-state index in [2.05, 4.69) is 185 Å². The predicted molar refractivity (Wildman–Crippen MR) is 329 cm³/mol. The van der Waals surface area contributed by atoms with E-state index in [0.717, 1.165) is 84.0 Å². The third-order valence-corrected chi connectivity index (χ3v) is 18.8. The molecule has 0 amide bonds. The highest BCUT2D eigenvalue weighted by atomic mass is 32.1. The molecule has 82 heavy (non-hydrogen) atoms. The summed E-state index contributed by atoms with van der Waals surface area (Å²) in [4.78, 5) is 4.83. The van der Waals surface area contributed by atoms with E-state index < -0.39 is 28.9 Å². The highest BCUT2D eigenvalue weighted by molar-refractivity contribution is 7.80. The van der Waals surface area contributed by atoms with E-state index in [0.29, 0.717) is 27.1 Å². The zero-order chi connectivity index (χ0) is 57.2. The van der Waals surface area contributed by atoms with E-state index in [-0.39, 0.29) is 22.0 Å². The van der Waals surface area contributed by atoms with Crippen LogP contribution >= 0.6 is 24.0 Å². The second-order valence-corrected chi connectivity index (χ2v) is 24.2. The highest BCUT2D eigenvalue weighted by Gasteiger charge is 2.53. The molecular formula is C72H56F6N2S2. The summed E-state index contributed by atoms with van der Waals surface area (Å²) in [5.74, 6) is 0.521. The number of hydrogen-bond donors (Lipinski definition) is 1. The number of halogens is 6.